The van der Waals surface area contributed by atoms with Crippen LogP contribution in [0.1, 0.15) is 29.6 Å². The van der Waals surface area contributed by atoms with Gasteiger partial charge in [0.2, 0.25) is 11.9 Å². The van der Waals surface area contributed by atoms with E-state index in [4.69, 9.17) is 0 Å². The molecular formula is C23H29N7O3. The topological polar surface area (TPSA) is 111 Å². The first-order valence-electron chi connectivity index (χ1n) is 11.3. The fourth-order valence-corrected chi connectivity index (χ4v) is 4.06. The van der Waals surface area contributed by atoms with Crippen molar-refractivity contribution in [3.63, 3.8) is 0 Å². The Bertz CT molecular complexity index is 971. The van der Waals surface area contributed by atoms with Crippen molar-refractivity contribution >= 4 is 29.5 Å². The maximum absolute atomic E-state index is 12.5. The Labute approximate surface area is 193 Å². The highest BCUT2D eigenvalue weighted by Gasteiger charge is 2.22. The molecule has 10 heteroatoms. The van der Waals surface area contributed by atoms with Crippen LogP contribution in [0.4, 0.5) is 16.4 Å². The molecule has 10 nitrogen and oxygen atoms in total. The highest BCUT2D eigenvalue weighted by atomic mass is 16.2. The number of urea groups is 1. The number of benzene rings is 1. The van der Waals surface area contributed by atoms with Crippen LogP contribution in [0, 0.1) is 0 Å². The largest absolute Gasteiger partial charge is 0.339 e. The van der Waals surface area contributed by atoms with E-state index in [0.29, 0.717) is 43.4 Å². The lowest BCUT2D eigenvalue weighted by Gasteiger charge is -2.34. The molecule has 2 aliphatic heterocycles. The fraction of sp³-hybridized carbons (Fsp3) is 0.435. The van der Waals surface area contributed by atoms with Crippen LogP contribution < -0.4 is 15.5 Å². The molecule has 1 aromatic heterocycles. The van der Waals surface area contributed by atoms with Crippen LogP contribution in [-0.2, 0) is 4.79 Å². The smallest absolute Gasteiger partial charge is 0.319 e. The summed E-state index contributed by atoms with van der Waals surface area (Å²) in [5.41, 5.74) is 1.10. The molecule has 0 bridgehead atoms. The maximum Gasteiger partial charge on any atom is 0.319 e. The highest BCUT2D eigenvalue weighted by Crippen LogP contribution is 2.16. The van der Waals surface area contributed by atoms with E-state index in [1.165, 1.54) is 0 Å². The third-order valence-corrected chi connectivity index (χ3v) is 5.85. The molecule has 0 radical (unpaired) electrons. The Morgan fingerprint density at radius 1 is 0.879 bits per heavy atom. The van der Waals surface area contributed by atoms with Gasteiger partial charge in [0.05, 0.1) is 0 Å². The molecule has 3 heterocycles. The summed E-state index contributed by atoms with van der Waals surface area (Å²) in [7, 11) is 0. The number of hydrogen-bond donors (Lipinski definition) is 2. The summed E-state index contributed by atoms with van der Waals surface area (Å²) in [5, 5.41) is 5.46. The third kappa shape index (κ3) is 5.97. The summed E-state index contributed by atoms with van der Waals surface area (Å²) in [6.45, 7) is 4.34. The second kappa shape index (κ2) is 10.8. The van der Waals surface area contributed by atoms with E-state index in [-0.39, 0.29) is 24.8 Å². The molecule has 2 saturated heterocycles. The molecule has 0 unspecified atom stereocenters. The molecule has 0 saturated carbocycles. The lowest BCUT2D eigenvalue weighted by molar-refractivity contribution is -0.131. The van der Waals surface area contributed by atoms with E-state index in [2.05, 4.69) is 25.5 Å². The fourth-order valence-electron chi connectivity index (χ4n) is 4.06. The van der Waals surface area contributed by atoms with Crippen LogP contribution >= 0.6 is 0 Å². The van der Waals surface area contributed by atoms with Crippen molar-refractivity contribution in [1.29, 1.82) is 0 Å². The Hall–Kier alpha value is -3.69. The number of anilines is 2. The van der Waals surface area contributed by atoms with Gasteiger partial charge in [0.25, 0.3) is 5.91 Å². The monoisotopic (exact) mass is 451 g/mol. The third-order valence-electron chi connectivity index (χ3n) is 5.85. The van der Waals surface area contributed by atoms with Gasteiger partial charge in [-0.05, 0) is 37.1 Å². The van der Waals surface area contributed by atoms with Gasteiger partial charge in [-0.15, -0.1) is 0 Å². The Kier molecular flexibility index (Phi) is 7.33. The summed E-state index contributed by atoms with van der Waals surface area (Å²) >= 11 is 0. The van der Waals surface area contributed by atoms with Gasteiger partial charge in [-0.2, -0.15) is 0 Å². The van der Waals surface area contributed by atoms with Crippen molar-refractivity contribution in [1.82, 2.24) is 25.1 Å². The minimum absolute atomic E-state index is 0.00198. The number of rotatable bonds is 6. The van der Waals surface area contributed by atoms with E-state index >= 15 is 0 Å². The summed E-state index contributed by atoms with van der Waals surface area (Å²) in [5.74, 6) is 0.664. The molecule has 33 heavy (non-hydrogen) atoms. The van der Waals surface area contributed by atoms with E-state index < -0.39 is 6.03 Å². The normalized spacial score (nSPS) is 15.9. The minimum atomic E-state index is -0.403. The molecular weight excluding hydrogens is 422 g/mol. The van der Waals surface area contributed by atoms with E-state index in [1.807, 2.05) is 4.90 Å². The number of hydrogen-bond acceptors (Lipinski definition) is 6. The Balaban J connectivity index is 1.18. The quantitative estimate of drug-likeness (QED) is 0.690. The van der Waals surface area contributed by atoms with Crippen LogP contribution in [0.15, 0.2) is 42.7 Å². The number of amides is 4. The number of nitrogens with one attached hydrogen (secondary N) is 2. The average molecular weight is 452 g/mol. The Morgan fingerprint density at radius 3 is 2.33 bits per heavy atom. The SMILES string of the molecule is O=C(NCCC(=O)N1CCN(c2ncccn2)CC1)Nc1cccc(C(=O)N2CCCC2)c1. The van der Waals surface area contributed by atoms with Gasteiger partial charge in [0.15, 0.2) is 0 Å². The molecule has 2 aliphatic rings. The molecule has 0 aliphatic carbocycles. The standard InChI is InChI=1S/C23H29N7O3/c31-20(28-13-15-30(16-14-28)22-24-8-4-9-25-22)7-10-26-23(33)27-19-6-3-5-18(17-19)21(32)29-11-1-2-12-29/h3-6,8-9,17H,1-2,7,10-16H2,(H2,26,27,33). The van der Waals surface area contributed by atoms with Crippen LogP contribution in [0.25, 0.3) is 0 Å². The zero-order valence-corrected chi connectivity index (χ0v) is 18.6. The van der Waals surface area contributed by atoms with Crippen molar-refractivity contribution in [2.75, 3.05) is 56.0 Å². The van der Waals surface area contributed by atoms with Crippen LogP contribution in [0.2, 0.25) is 0 Å². The van der Waals surface area contributed by atoms with Gasteiger partial charge < -0.3 is 25.3 Å². The van der Waals surface area contributed by atoms with Gasteiger partial charge in [0.1, 0.15) is 0 Å². The van der Waals surface area contributed by atoms with Crippen molar-refractivity contribution < 1.29 is 14.4 Å². The second-order valence-corrected chi connectivity index (χ2v) is 8.13. The first-order chi connectivity index (χ1) is 16.1. The first-order valence-corrected chi connectivity index (χ1v) is 11.3. The maximum atomic E-state index is 12.5. The minimum Gasteiger partial charge on any atom is -0.339 e. The highest BCUT2D eigenvalue weighted by molar-refractivity contribution is 5.97. The van der Waals surface area contributed by atoms with Gasteiger partial charge in [-0.3, -0.25) is 9.59 Å². The predicted molar refractivity (Wildman–Crippen MR) is 124 cm³/mol. The zero-order chi connectivity index (χ0) is 23.0. The summed E-state index contributed by atoms with van der Waals surface area (Å²) in [6.07, 6.45) is 5.70. The first kappa shape index (κ1) is 22.5. The van der Waals surface area contributed by atoms with E-state index in [0.717, 1.165) is 25.9 Å². The van der Waals surface area contributed by atoms with Crippen molar-refractivity contribution in [3.8, 4) is 0 Å². The van der Waals surface area contributed by atoms with Gasteiger partial charge >= 0.3 is 6.03 Å². The summed E-state index contributed by atoms with van der Waals surface area (Å²) < 4.78 is 0. The molecule has 174 valence electrons. The van der Waals surface area contributed by atoms with Gasteiger partial charge in [-0.25, -0.2) is 14.8 Å². The Morgan fingerprint density at radius 2 is 1.61 bits per heavy atom. The molecule has 0 spiro atoms. The molecule has 1 aromatic carbocycles. The van der Waals surface area contributed by atoms with Crippen LogP contribution in [0.5, 0.6) is 0 Å². The number of carbonyl (C=O) groups is 3. The molecule has 4 amide bonds. The van der Waals surface area contributed by atoms with Crippen LogP contribution in [0.3, 0.4) is 0 Å². The lowest BCUT2D eigenvalue weighted by Crippen LogP contribution is -2.49. The van der Waals surface area contributed by atoms with Crippen molar-refractivity contribution in [2.24, 2.45) is 0 Å². The van der Waals surface area contributed by atoms with Crippen LogP contribution in [-0.4, -0.2) is 83.4 Å². The number of carbonyl (C=O) groups excluding carboxylic acids is 3. The summed E-state index contributed by atoms with van der Waals surface area (Å²) in [6, 6.07) is 8.30. The van der Waals surface area contributed by atoms with E-state index in [9.17, 15) is 14.4 Å². The van der Waals surface area contributed by atoms with Gasteiger partial charge in [0, 0.05) is 75.9 Å². The summed E-state index contributed by atoms with van der Waals surface area (Å²) in [4.78, 5) is 51.4. The van der Waals surface area contributed by atoms with E-state index in [1.54, 1.807) is 47.6 Å². The number of aromatic nitrogens is 2. The molecule has 2 fully saturated rings. The average Bonchev–Trinajstić information content (AvgIpc) is 3.39. The molecule has 0 atom stereocenters. The molecule has 2 N–H and O–H groups in total. The predicted octanol–water partition coefficient (Wildman–Crippen LogP) is 1.57. The number of nitrogens with zero attached hydrogens (tertiary/aromatic N) is 5. The van der Waals surface area contributed by atoms with Gasteiger partial charge in [-0.1, -0.05) is 6.07 Å². The zero-order valence-electron chi connectivity index (χ0n) is 18.6. The molecule has 4 rings (SSSR count). The number of likely N-dealkylation sites (tertiary alicyclic amines) is 1. The second-order valence-electron chi connectivity index (χ2n) is 8.13. The molecule has 2 aromatic rings. The lowest BCUT2D eigenvalue weighted by atomic mass is 10.2. The number of piperazine rings is 1. The van der Waals surface area contributed by atoms with Crippen molar-refractivity contribution in [2.45, 2.75) is 19.3 Å². The van der Waals surface area contributed by atoms with Crippen molar-refractivity contribution in [3.05, 3.63) is 48.3 Å².